The van der Waals surface area contributed by atoms with Crippen LogP contribution in [0, 0.1) is 0 Å². The van der Waals surface area contributed by atoms with Crippen LogP contribution in [0.3, 0.4) is 0 Å². The van der Waals surface area contributed by atoms with Gasteiger partial charge in [0.2, 0.25) is 0 Å². The third-order valence-electron chi connectivity index (χ3n) is 15.8. The van der Waals surface area contributed by atoms with Crippen LogP contribution < -0.4 is 5.46 Å². The highest BCUT2D eigenvalue weighted by atomic mass is 79.9. The van der Waals surface area contributed by atoms with E-state index in [1.807, 2.05) is 27.7 Å². The molecule has 2 fully saturated rings. The molecule has 1 radical (unpaired) electrons. The van der Waals surface area contributed by atoms with E-state index in [9.17, 15) is 0 Å². The largest absolute Gasteiger partial charge is 0.495 e. The summed E-state index contributed by atoms with van der Waals surface area (Å²) in [5.74, 6) is 0. The Bertz CT molecular complexity index is 3210. The first-order valence-corrected chi connectivity index (χ1v) is 23.8. The lowest BCUT2D eigenvalue weighted by molar-refractivity contribution is 0.00578. The van der Waals surface area contributed by atoms with Crippen molar-refractivity contribution >= 4 is 79.3 Å². The van der Waals surface area contributed by atoms with Crippen molar-refractivity contribution in [1.29, 1.82) is 0 Å². The van der Waals surface area contributed by atoms with Crippen LogP contribution >= 0.6 is 15.9 Å². The van der Waals surface area contributed by atoms with E-state index in [0.717, 1.165) is 5.46 Å². The SMILES string of the molecule is CC1(C)O[B]OC1(C)C.CC1(C)c2ccc3ccccc3c2-c2c1cc(B1OC(C)(C)C(C)(C)O1)c1ccccc21.CC1(C)c2ccc3ccccc3c2-c2c1cc(Br)c1ccccc21. The Balaban J connectivity index is 0.000000132. The molecule has 8 aromatic rings. The van der Waals surface area contributed by atoms with Gasteiger partial charge in [-0.3, -0.25) is 0 Å². The Morgan fingerprint density at radius 3 is 1.20 bits per heavy atom. The Labute approximate surface area is 394 Å². The van der Waals surface area contributed by atoms with Crippen molar-refractivity contribution in [2.75, 3.05) is 0 Å². The highest BCUT2D eigenvalue weighted by Crippen LogP contribution is 2.56. The summed E-state index contributed by atoms with van der Waals surface area (Å²) in [7, 11) is 1.03. The third kappa shape index (κ3) is 6.78. The molecule has 0 aromatic heterocycles. The van der Waals surface area contributed by atoms with Gasteiger partial charge in [0.05, 0.1) is 22.4 Å². The minimum absolute atomic E-state index is 0.0151. The van der Waals surface area contributed by atoms with Gasteiger partial charge in [0.25, 0.3) is 0 Å². The van der Waals surface area contributed by atoms with Crippen LogP contribution in [0.5, 0.6) is 0 Å². The Morgan fingerprint density at radius 2 is 0.754 bits per heavy atom. The second-order valence-electron chi connectivity index (χ2n) is 21.4. The quantitative estimate of drug-likeness (QED) is 0.154. The molecular formula is C58H58B2BrO4. The van der Waals surface area contributed by atoms with E-state index in [1.165, 1.54) is 99.8 Å². The van der Waals surface area contributed by atoms with Crippen molar-refractivity contribution in [3.05, 3.63) is 160 Å². The van der Waals surface area contributed by atoms with Gasteiger partial charge in [0, 0.05) is 15.3 Å². The molecule has 0 atom stereocenters. The fourth-order valence-electron chi connectivity index (χ4n) is 10.4. The molecule has 0 unspecified atom stereocenters. The Hall–Kier alpha value is -4.75. The molecule has 2 heterocycles. The molecule has 0 saturated carbocycles. The van der Waals surface area contributed by atoms with Gasteiger partial charge in [-0.25, -0.2) is 0 Å². The van der Waals surface area contributed by atoms with E-state index in [2.05, 4.69) is 205 Å². The summed E-state index contributed by atoms with van der Waals surface area (Å²) in [6.45, 7) is 25.9. The molecule has 4 aliphatic rings. The fourth-order valence-corrected chi connectivity index (χ4v) is 11.0. The monoisotopic (exact) mass is 919 g/mol. The lowest BCUT2D eigenvalue weighted by atomic mass is 9.72. The van der Waals surface area contributed by atoms with Crippen LogP contribution in [0.1, 0.15) is 105 Å². The first-order chi connectivity index (χ1) is 30.7. The number of benzene rings is 8. The van der Waals surface area contributed by atoms with E-state index >= 15 is 0 Å². The normalized spacial score (nSPS) is 19.4. The van der Waals surface area contributed by atoms with Crippen LogP contribution in [-0.2, 0) is 29.4 Å². The van der Waals surface area contributed by atoms with Crippen LogP contribution in [0.2, 0.25) is 0 Å². The fraction of sp³-hybridized carbons (Fsp3) is 0.310. The lowest BCUT2D eigenvalue weighted by Gasteiger charge is -2.32. The predicted molar refractivity (Wildman–Crippen MR) is 278 cm³/mol. The van der Waals surface area contributed by atoms with Gasteiger partial charge >= 0.3 is 14.8 Å². The van der Waals surface area contributed by atoms with Crippen LogP contribution in [0.25, 0.3) is 65.3 Å². The summed E-state index contributed by atoms with van der Waals surface area (Å²) < 4.78 is 24.6. The van der Waals surface area contributed by atoms with Gasteiger partial charge in [-0.2, -0.15) is 0 Å². The molecule has 0 amide bonds. The van der Waals surface area contributed by atoms with Crippen LogP contribution in [0.15, 0.2) is 138 Å². The molecule has 7 heteroatoms. The minimum Gasteiger partial charge on any atom is -0.405 e. The van der Waals surface area contributed by atoms with Crippen LogP contribution in [-0.4, -0.2) is 37.2 Å². The maximum atomic E-state index is 6.51. The third-order valence-corrected chi connectivity index (χ3v) is 16.4. The molecule has 0 spiro atoms. The smallest absolute Gasteiger partial charge is 0.405 e. The molecule has 12 rings (SSSR count). The van der Waals surface area contributed by atoms with Gasteiger partial charge in [-0.05, 0) is 155 Å². The average molecular weight is 921 g/mol. The molecule has 0 N–H and O–H groups in total. The molecule has 4 nitrogen and oxygen atoms in total. The number of rotatable bonds is 1. The van der Waals surface area contributed by atoms with Gasteiger partial charge < -0.3 is 18.6 Å². The maximum absolute atomic E-state index is 6.51. The molecular weight excluding hydrogens is 862 g/mol. The molecule has 2 aliphatic carbocycles. The maximum Gasteiger partial charge on any atom is 0.495 e. The highest BCUT2D eigenvalue weighted by molar-refractivity contribution is 9.10. The second kappa shape index (κ2) is 15.1. The first-order valence-electron chi connectivity index (χ1n) is 23.0. The molecule has 65 heavy (non-hydrogen) atoms. The van der Waals surface area contributed by atoms with E-state index in [-0.39, 0.29) is 40.4 Å². The average Bonchev–Trinajstić information content (AvgIpc) is 3.85. The van der Waals surface area contributed by atoms with Crippen molar-refractivity contribution in [2.24, 2.45) is 0 Å². The number of hydrogen-bond donors (Lipinski definition) is 0. The summed E-state index contributed by atoms with van der Waals surface area (Å²) in [6, 6.07) is 48.8. The minimum atomic E-state index is -0.383. The van der Waals surface area contributed by atoms with Gasteiger partial charge in [0.15, 0.2) is 0 Å². The predicted octanol–water partition coefficient (Wildman–Crippen LogP) is 14.8. The summed E-state index contributed by atoms with van der Waals surface area (Å²) >= 11 is 3.80. The van der Waals surface area contributed by atoms with E-state index in [0.29, 0.717) is 0 Å². The zero-order valence-electron chi connectivity index (χ0n) is 39.9. The number of halogens is 1. The highest BCUT2D eigenvalue weighted by Gasteiger charge is 2.53. The Morgan fingerprint density at radius 1 is 0.385 bits per heavy atom. The molecule has 2 saturated heterocycles. The summed E-state index contributed by atoms with van der Waals surface area (Å²) in [6.07, 6.45) is 0. The van der Waals surface area contributed by atoms with Gasteiger partial charge in [0.1, 0.15) is 0 Å². The number of hydrogen-bond acceptors (Lipinski definition) is 4. The van der Waals surface area contributed by atoms with Gasteiger partial charge in [-0.15, -0.1) is 0 Å². The molecule has 0 bridgehead atoms. The Kier molecular flexibility index (Phi) is 10.3. The summed E-state index contributed by atoms with van der Waals surface area (Å²) in [5, 5.41) is 10.4. The van der Waals surface area contributed by atoms with Crippen molar-refractivity contribution in [3.63, 3.8) is 0 Å². The molecule has 327 valence electrons. The zero-order valence-corrected chi connectivity index (χ0v) is 41.5. The number of fused-ring (bicyclic) bond motifs is 14. The van der Waals surface area contributed by atoms with E-state index < -0.39 is 0 Å². The standard InChI is InChI=1S/C29H29BO2.C23H17Br.C6H12BO2/c1-27(2)22-16-15-18-11-7-8-12-19(18)25(22)26-21-14-10-9-13-20(21)24(17-23(26)27)30-31-28(3,4)29(5,6)32-30;1-23(2)18-12-11-14-7-3-4-8-15(14)21(18)22-17-10-6-5-9-16(17)20(24)13-19(22)23;1-5(2)6(3,4)9-7-8-5/h7-17H,1-6H3;3-13H,1-2H3;1-4H3. The van der Waals surface area contributed by atoms with Crippen molar-refractivity contribution in [1.82, 2.24) is 0 Å². The van der Waals surface area contributed by atoms with Crippen molar-refractivity contribution in [3.8, 4) is 22.3 Å². The summed E-state index contributed by atoms with van der Waals surface area (Å²) in [4.78, 5) is 0. The lowest BCUT2D eigenvalue weighted by Crippen LogP contribution is -2.41. The summed E-state index contributed by atoms with van der Waals surface area (Å²) in [5.41, 5.74) is 11.1. The zero-order chi connectivity index (χ0) is 46.1. The topological polar surface area (TPSA) is 36.9 Å². The van der Waals surface area contributed by atoms with E-state index in [4.69, 9.17) is 18.6 Å². The van der Waals surface area contributed by atoms with Crippen molar-refractivity contribution < 1.29 is 18.6 Å². The second-order valence-corrected chi connectivity index (χ2v) is 22.2. The van der Waals surface area contributed by atoms with Gasteiger partial charge in [-0.1, -0.05) is 171 Å². The van der Waals surface area contributed by atoms with Crippen LogP contribution in [0.4, 0.5) is 0 Å². The van der Waals surface area contributed by atoms with Crippen molar-refractivity contribution in [2.45, 2.75) is 116 Å². The first kappa shape index (κ1) is 44.1. The molecule has 8 aromatic carbocycles. The molecule has 2 aliphatic heterocycles. The van der Waals surface area contributed by atoms with E-state index in [1.54, 1.807) is 0 Å².